The van der Waals surface area contributed by atoms with Crippen molar-refractivity contribution in [3.05, 3.63) is 16.1 Å². The highest BCUT2D eigenvalue weighted by molar-refractivity contribution is 7.09. The lowest BCUT2D eigenvalue weighted by molar-refractivity contribution is -0.132. The van der Waals surface area contributed by atoms with Gasteiger partial charge in [0.2, 0.25) is 5.91 Å². The molecule has 2 fully saturated rings. The first-order valence-corrected chi connectivity index (χ1v) is 9.70. The molecule has 1 aliphatic heterocycles. The predicted octanol–water partition coefficient (Wildman–Crippen LogP) is 1.76. The minimum absolute atomic E-state index is 0.130. The summed E-state index contributed by atoms with van der Waals surface area (Å²) >= 11 is 1.59. The van der Waals surface area contributed by atoms with E-state index in [1.165, 1.54) is 4.90 Å². The molecule has 4 amide bonds. The largest absolute Gasteiger partial charge is 0.356 e. The molecular weight excluding hydrogens is 340 g/mol. The van der Waals surface area contributed by atoms with Gasteiger partial charge in [0.1, 0.15) is 5.54 Å². The summed E-state index contributed by atoms with van der Waals surface area (Å²) in [7, 11) is 0. The first-order chi connectivity index (χ1) is 12.0. The number of thiazole rings is 1. The highest BCUT2D eigenvalue weighted by Gasteiger charge is 2.50. The van der Waals surface area contributed by atoms with E-state index in [1.54, 1.807) is 11.3 Å². The van der Waals surface area contributed by atoms with Crippen LogP contribution in [0.5, 0.6) is 0 Å². The summed E-state index contributed by atoms with van der Waals surface area (Å²) in [4.78, 5) is 42.3. The molecule has 2 heterocycles. The van der Waals surface area contributed by atoms with Crippen LogP contribution < -0.4 is 10.6 Å². The SMILES string of the molecule is Cc1nc(CCNC(=O)CCN2C(=O)NC3(CCCCC3)C2=O)cs1. The van der Waals surface area contributed by atoms with E-state index in [4.69, 9.17) is 0 Å². The number of aromatic nitrogens is 1. The second-order valence-corrected chi connectivity index (χ2v) is 7.80. The topological polar surface area (TPSA) is 91.4 Å². The van der Waals surface area contributed by atoms with Crippen LogP contribution >= 0.6 is 11.3 Å². The number of nitrogens with one attached hydrogen (secondary N) is 2. The van der Waals surface area contributed by atoms with Crippen molar-refractivity contribution in [2.75, 3.05) is 13.1 Å². The summed E-state index contributed by atoms with van der Waals surface area (Å²) in [5.74, 6) is -0.319. The van der Waals surface area contributed by atoms with Gasteiger partial charge < -0.3 is 10.6 Å². The van der Waals surface area contributed by atoms with Crippen molar-refractivity contribution in [3.63, 3.8) is 0 Å². The van der Waals surface area contributed by atoms with Crippen LogP contribution in [0.15, 0.2) is 5.38 Å². The lowest BCUT2D eigenvalue weighted by Crippen LogP contribution is -2.48. The number of hydrogen-bond donors (Lipinski definition) is 2. The molecule has 0 radical (unpaired) electrons. The fraction of sp³-hybridized carbons (Fsp3) is 0.647. The lowest BCUT2D eigenvalue weighted by Gasteiger charge is -2.30. The minimum atomic E-state index is -0.714. The van der Waals surface area contributed by atoms with Crippen molar-refractivity contribution < 1.29 is 14.4 Å². The van der Waals surface area contributed by atoms with Crippen LogP contribution in [-0.2, 0) is 16.0 Å². The number of rotatable bonds is 6. The summed E-state index contributed by atoms with van der Waals surface area (Å²) in [6, 6.07) is -0.363. The maximum absolute atomic E-state index is 12.6. The zero-order chi connectivity index (χ0) is 17.9. The zero-order valence-electron chi connectivity index (χ0n) is 14.5. The fourth-order valence-corrected chi connectivity index (χ4v) is 4.18. The van der Waals surface area contributed by atoms with Crippen LogP contribution in [0.25, 0.3) is 0 Å². The highest BCUT2D eigenvalue weighted by atomic mass is 32.1. The summed E-state index contributed by atoms with van der Waals surface area (Å²) in [6.45, 7) is 2.59. The smallest absolute Gasteiger partial charge is 0.325 e. The van der Waals surface area contributed by atoms with E-state index in [-0.39, 0.29) is 30.8 Å². The number of carbonyl (C=O) groups is 3. The minimum Gasteiger partial charge on any atom is -0.356 e. The molecule has 8 heteroatoms. The van der Waals surface area contributed by atoms with Gasteiger partial charge in [-0.15, -0.1) is 11.3 Å². The number of hydrogen-bond acceptors (Lipinski definition) is 5. The third-order valence-electron chi connectivity index (χ3n) is 4.89. The van der Waals surface area contributed by atoms with Crippen LogP contribution in [0.4, 0.5) is 4.79 Å². The van der Waals surface area contributed by atoms with Gasteiger partial charge in [0.25, 0.3) is 5.91 Å². The van der Waals surface area contributed by atoms with Gasteiger partial charge in [-0.2, -0.15) is 0 Å². The van der Waals surface area contributed by atoms with Crippen molar-refractivity contribution in [2.45, 2.75) is 57.4 Å². The molecule has 1 spiro atoms. The molecule has 1 aliphatic carbocycles. The quantitative estimate of drug-likeness (QED) is 0.753. The predicted molar refractivity (Wildman–Crippen MR) is 94.2 cm³/mol. The molecule has 0 atom stereocenters. The maximum Gasteiger partial charge on any atom is 0.325 e. The van der Waals surface area contributed by atoms with Crippen LogP contribution in [0.2, 0.25) is 0 Å². The molecule has 1 aromatic rings. The second-order valence-electron chi connectivity index (χ2n) is 6.74. The Morgan fingerprint density at radius 1 is 1.36 bits per heavy atom. The summed E-state index contributed by atoms with van der Waals surface area (Å²) in [5, 5.41) is 8.67. The van der Waals surface area contributed by atoms with E-state index in [9.17, 15) is 14.4 Å². The summed E-state index contributed by atoms with van der Waals surface area (Å²) in [6.07, 6.45) is 5.23. The third kappa shape index (κ3) is 4.00. The van der Waals surface area contributed by atoms with Crippen LogP contribution in [0.3, 0.4) is 0 Å². The van der Waals surface area contributed by atoms with Crippen LogP contribution in [-0.4, -0.2) is 46.4 Å². The molecule has 1 aromatic heterocycles. The van der Waals surface area contributed by atoms with E-state index in [2.05, 4.69) is 15.6 Å². The number of urea groups is 1. The molecule has 2 aliphatic rings. The summed E-state index contributed by atoms with van der Waals surface area (Å²) < 4.78 is 0. The van der Waals surface area contributed by atoms with E-state index >= 15 is 0 Å². The maximum atomic E-state index is 12.6. The zero-order valence-corrected chi connectivity index (χ0v) is 15.3. The van der Waals surface area contributed by atoms with E-state index < -0.39 is 5.54 Å². The normalized spacial score (nSPS) is 19.3. The molecule has 2 N–H and O–H groups in total. The van der Waals surface area contributed by atoms with E-state index in [0.717, 1.165) is 30.0 Å². The molecule has 25 heavy (non-hydrogen) atoms. The number of carbonyl (C=O) groups excluding carboxylic acids is 3. The lowest BCUT2D eigenvalue weighted by atomic mass is 9.82. The standard InChI is InChI=1S/C17H24N4O3S/c1-12-19-13(11-25-12)5-9-18-14(22)6-10-21-15(23)17(20-16(21)24)7-3-2-4-8-17/h11H,2-10H2,1H3,(H,18,22)(H,20,24). The Labute approximate surface area is 151 Å². The van der Waals surface area contributed by atoms with Crippen molar-refractivity contribution in [1.82, 2.24) is 20.5 Å². The fourth-order valence-electron chi connectivity index (χ4n) is 3.53. The highest BCUT2D eigenvalue weighted by Crippen LogP contribution is 2.33. The molecular formula is C17H24N4O3S. The Morgan fingerprint density at radius 3 is 2.80 bits per heavy atom. The number of imide groups is 1. The van der Waals surface area contributed by atoms with Crippen molar-refractivity contribution in [2.24, 2.45) is 0 Å². The average molecular weight is 364 g/mol. The third-order valence-corrected chi connectivity index (χ3v) is 5.71. The van der Waals surface area contributed by atoms with Gasteiger partial charge in [-0.25, -0.2) is 9.78 Å². The monoisotopic (exact) mass is 364 g/mol. The number of nitrogens with zero attached hydrogens (tertiary/aromatic N) is 2. The number of amides is 4. The molecule has 0 unspecified atom stereocenters. The molecule has 3 rings (SSSR count). The average Bonchev–Trinajstić information content (AvgIpc) is 3.09. The van der Waals surface area contributed by atoms with E-state index in [1.807, 2.05) is 12.3 Å². The second kappa shape index (κ2) is 7.51. The van der Waals surface area contributed by atoms with Gasteiger partial charge in [-0.3, -0.25) is 14.5 Å². The Balaban J connectivity index is 1.43. The first kappa shape index (κ1) is 17.8. The molecule has 1 saturated carbocycles. The molecule has 0 bridgehead atoms. The molecule has 7 nitrogen and oxygen atoms in total. The first-order valence-electron chi connectivity index (χ1n) is 8.82. The van der Waals surface area contributed by atoms with Gasteiger partial charge in [-0.1, -0.05) is 19.3 Å². The van der Waals surface area contributed by atoms with Gasteiger partial charge >= 0.3 is 6.03 Å². The van der Waals surface area contributed by atoms with Crippen molar-refractivity contribution >= 4 is 29.2 Å². The van der Waals surface area contributed by atoms with E-state index in [0.29, 0.717) is 25.8 Å². The van der Waals surface area contributed by atoms with Crippen LogP contribution in [0, 0.1) is 6.92 Å². The van der Waals surface area contributed by atoms with Gasteiger partial charge in [0.15, 0.2) is 0 Å². The van der Waals surface area contributed by atoms with Crippen molar-refractivity contribution in [1.29, 1.82) is 0 Å². The molecule has 0 aromatic carbocycles. The van der Waals surface area contributed by atoms with Gasteiger partial charge in [0.05, 0.1) is 10.7 Å². The van der Waals surface area contributed by atoms with Crippen LogP contribution in [0.1, 0.15) is 49.2 Å². The van der Waals surface area contributed by atoms with Gasteiger partial charge in [-0.05, 0) is 19.8 Å². The number of aryl methyl sites for hydroxylation is 1. The Hall–Kier alpha value is -1.96. The van der Waals surface area contributed by atoms with Gasteiger partial charge in [0, 0.05) is 31.3 Å². The summed E-state index contributed by atoms with van der Waals surface area (Å²) in [5.41, 5.74) is 0.255. The van der Waals surface area contributed by atoms with Crippen molar-refractivity contribution in [3.8, 4) is 0 Å². The Kier molecular flexibility index (Phi) is 5.36. The molecule has 136 valence electrons. The Bertz CT molecular complexity index is 667. The molecule has 1 saturated heterocycles. The Morgan fingerprint density at radius 2 is 2.12 bits per heavy atom.